The van der Waals surface area contributed by atoms with Crippen LogP contribution >= 0.6 is 23.5 Å². The number of piperidine rings is 1. The summed E-state index contributed by atoms with van der Waals surface area (Å²) in [6.07, 6.45) is 11.9. The molecule has 0 bridgehead atoms. The molecule has 3 unspecified atom stereocenters. The van der Waals surface area contributed by atoms with Gasteiger partial charge in [-0.15, -0.1) is 0 Å². The van der Waals surface area contributed by atoms with E-state index in [9.17, 15) is 9.59 Å². The summed E-state index contributed by atoms with van der Waals surface area (Å²) in [5, 5.41) is 10.1. The molecule has 2 saturated heterocycles. The van der Waals surface area contributed by atoms with Crippen molar-refractivity contribution in [3.05, 3.63) is 6.20 Å². The minimum atomic E-state index is -0.117. The van der Waals surface area contributed by atoms with E-state index < -0.39 is 0 Å². The van der Waals surface area contributed by atoms with Crippen LogP contribution in [0.2, 0.25) is 0 Å². The lowest BCUT2D eigenvalue weighted by molar-refractivity contribution is -0.135. The van der Waals surface area contributed by atoms with Gasteiger partial charge in [-0.3, -0.25) is 19.5 Å². The highest BCUT2D eigenvalue weighted by Gasteiger charge is 2.45. The molecule has 0 spiro atoms. The maximum Gasteiger partial charge on any atom is 0.234 e. The average Bonchev–Trinajstić information content (AvgIpc) is 3.53. The smallest absolute Gasteiger partial charge is 0.234 e. The van der Waals surface area contributed by atoms with Crippen LogP contribution in [0.15, 0.2) is 16.3 Å². The van der Waals surface area contributed by atoms with E-state index in [1.807, 2.05) is 22.0 Å². The molecule has 3 atom stereocenters. The summed E-state index contributed by atoms with van der Waals surface area (Å²) in [5.74, 6) is 1.82. The van der Waals surface area contributed by atoms with Crippen LogP contribution < -0.4 is 10.2 Å². The molecule has 10 nitrogen and oxygen atoms in total. The zero-order valence-corrected chi connectivity index (χ0v) is 22.9. The number of carbonyl (C=O) groups is 2. The topological polar surface area (TPSA) is 109 Å². The standard InChI is InChI=1S/C25H34N8O2S2/c1-36-24-29-21(31-10-5-2-6-11-31)18-14-27-32(22(18)30-24)12-9-26-20(34)13-16-15-37-25-28-19-8-4-3-7-17(19)23(35)33(16)25/h14,16-17,19H,2-13,15H2,1H3,(H,26,34). The second kappa shape index (κ2) is 10.8. The lowest BCUT2D eigenvalue weighted by atomic mass is 9.83. The Balaban J connectivity index is 1.09. The summed E-state index contributed by atoms with van der Waals surface area (Å²) in [7, 11) is 0. The maximum absolute atomic E-state index is 13.2. The fraction of sp³-hybridized carbons (Fsp3) is 0.680. The molecule has 2 aromatic rings. The molecule has 0 radical (unpaired) electrons. The molecule has 0 aromatic carbocycles. The number of amidine groups is 1. The van der Waals surface area contributed by atoms with Crippen molar-refractivity contribution < 1.29 is 9.59 Å². The molecule has 37 heavy (non-hydrogen) atoms. The second-order valence-corrected chi connectivity index (χ2v) is 12.0. The van der Waals surface area contributed by atoms with Gasteiger partial charge >= 0.3 is 0 Å². The van der Waals surface area contributed by atoms with Crippen LogP contribution in [-0.2, 0) is 16.1 Å². The van der Waals surface area contributed by atoms with Crippen molar-refractivity contribution >= 4 is 57.4 Å². The number of anilines is 1. The Bertz CT molecular complexity index is 1210. The molecule has 3 aliphatic heterocycles. The van der Waals surface area contributed by atoms with E-state index in [2.05, 4.69) is 15.3 Å². The van der Waals surface area contributed by atoms with E-state index >= 15 is 0 Å². The van der Waals surface area contributed by atoms with Crippen molar-refractivity contribution in [2.24, 2.45) is 10.9 Å². The van der Waals surface area contributed by atoms with E-state index in [4.69, 9.17) is 15.0 Å². The molecule has 12 heteroatoms. The minimum absolute atomic E-state index is 0.00199. The minimum Gasteiger partial charge on any atom is -0.356 e. The predicted octanol–water partition coefficient (Wildman–Crippen LogP) is 2.92. The molecule has 3 fully saturated rings. The molecule has 2 aromatic heterocycles. The molecular formula is C25H34N8O2S2. The van der Waals surface area contributed by atoms with Crippen molar-refractivity contribution in [1.29, 1.82) is 0 Å². The van der Waals surface area contributed by atoms with Gasteiger partial charge < -0.3 is 10.2 Å². The van der Waals surface area contributed by atoms with Gasteiger partial charge in [0.2, 0.25) is 11.8 Å². The van der Waals surface area contributed by atoms with Gasteiger partial charge in [0.1, 0.15) is 5.82 Å². The van der Waals surface area contributed by atoms with Gasteiger partial charge in [0.05, 0.1) is 36.1 Å². The lowest BCUT2D eigenvalue weighted by Gasteiger charge is -2.37. The van der Waals surface area contributed by atoms with Crippen LogP contribution in [0.3, 0.4) is 0 Å². The number of aliphatic imine (C=N–C) groups is 1. The highest BCUT2D eigenvalue weighted by Crippen LogP contribution is 2.38. The monoisotopic (exact) mass is 542 g/mol. The van der Waals surface area contributed by atoms with E-state index in [1.54, 1.807) is 11.8 Å². The Kier molecular flexibility index (Phi) is 7.29. The first-order valence-corrected chi connectivity index (χ1v) is 15.7. The summed E-state index contributed by atoms with van der Waals surface area (Å²) < 4.78 is 1.86. The van der Waals surface area contributed by atoms with Gasteiger partial charge in [0, 0.05) is 31.8 Å². The molecular weight excluding hydrogens is 508 g/mol. The van der Waals surface area contributed by atoms with Crippen molar-refractivity contribution in [2.45, 2.75) is 75.2 Å². The predicted molar refractivity (Wildman–Crippen MR) is 147 cm³/mol. The third kappa shape index (κ3) is 4.94. The summed E-state index contributed by atoms with van der Waals surface area (Å²) in [5.41, 5.74) is 0.808. The van der Waals surface area contributed by atoms with E-state index in [0.717, 1.165) is 71.7 Å². The number of carbonyl (C=O) groups excluding carboxylic acids is 2. The van der Waals surface area contributed by atoms with E-state index in [-0.39, 0.29) is 29.8 Å². The molecule has 2 amide bonds. The Morgan fingerprint density at radius 3 is 2.84 bits per heavy atom. The first-order valence-electron chi connectivity index (χ1n) is 13.4. The summed E-state index contributed by atoms with van der Waals surface area (Å²) in [6.45, 7) is 2.99. The summed E-state index contributed by atoms with van der Waals surface area (Å²) in [4.78, 5) is 44.6. The first kappa shape index (κ1) is 25.0. The molecule has 198 valence electrons. The highest BCUT2D eigenvalue weighted by molar-refractivity contribution is 8.14. The number of hydrogen-bond donors (Lipinski definition) is 1. The van der Waals surface area contributed by atoms with Crippen molar-refractivity contribution in [3.8, 4) is 0 Å². The second-order valence-electron chi connectivity index (χ2n) is 10.3. The van der Waals surface area contributed by atoms with Crippen LogP contribution in [0.4, 0.5) is 5.82 Å². The van der Waals surface area contributed by atoms with Gasteiger partial charge in [-0.1, -0.05) is 36.4 Å². The van der Waals surface area contributed by atoms with Gasteiger partial charge in [0.25, 0.3) is 0 Å². The SMILES string of the molecule is CSc1nc(N2CCCCC2)c2cnn(CCNC(=O)CC3CSC4=NC5CCCCC5C(=O)N43)c2n1. The summed E-state index contributed by atoms with van der Waals surface area (Å²) in [6, 6.07) is 0.0240. The largest absolute Gasteiger partial charge is 0.356 e. The average molecular weight is 543 g/mol. The first-order chi connectivity index (χ1) is 18.1. The number of thioether (sulfide) groups is 2. The van der Waals surface area contributed by atoms with Crippen LogP contribution in [0, 0.1) is 5.92 Å². The lowest BCUT2D eigenvalue weighted by Crippen LogP contribution is -2.51. The van der Waals surface area contributed by atoms with Crippen LogP contribution in [-0.4, -0.2) is 85.4 Å². The van der Waals surface area contributed by atoms with Gasteiger partial charge in [0.15, 0.2) is 16.0 Å². The molecule has 5 heterocycles. The zero-order chi connectivity index (χ0) is 25.4. The molecule has 6 rings (SSSR count). The van der Waals surface area contributed by atoms with Crippen molar-refractivity contribution in [2.75, 3.05) is 36.5 Å². The normalized spacial score (nSPS) is 25.7. The Labute approximate surface area is 225 Å². The Morgan fingerprint density at radius 1 is 1.16 bits per heavy atom. The fourth-order valence-electron chi connectivity index (χ4n) is 5.98. The number of aromatic nitrogens is 4. The summed E-state index contributed by atoms with van der Waals surface area (Å²) >= 11 is 3.15. The quantitative estimate of drug-likeness (QED) is 0.420. The Hall–Kier alpha value is -2.34. The maximum atomic E-state index is 13.2. The number of fused-ring (bicyclic) bond motifs is 3. The van der Waals surface area contributed by atoms with Gasteiger partial charge in [-0.2, -0.15) is 5.10 Å². The Morgan fingerprint density at radius 2 is 2.00 bits per heavy atom. The molecule has 1 N–H and O–H groups in total. The van der Waals surface area contributed by atoms with Crippen LogP contribution in [0.25, 0.3) is 11.0 Å². The highest BCUT2D eigenvalue weighted by atomic mass is 32.2. The number of hydrogen-bond acceptors (Lipinski definition) is 9. The van der Waals surface area contributed by atoms with Crippen LogP contribution in [0.5, 0.6) is 0 Å². The van der Waals surface area contributed by atoms with Crippen LogP contribution in [0.1, 0.15) is 51.4 Å². The number of rotatable bonds is 7. The number of amides is 2. The van der Waals surface area contributed by atoms with Crippen molar-refractivity contribution in [3.63, 3.8) is 0 Å². The van der Waals surface area contributed by atoms with Crippen molar-refractivity contribution in [1.82, 2.24) is 30.0 Å². The van der Waals surface area contributed by atoms with Gasteiger partial charge in [-0.05, 0) is 38.4 Å². The fourth-order valence-corrected chi connectivity index (χ4v) is 7.53. The number of nitrogens with zero attached hydrogens (tertiary/aromatic N) is 7. The molecule has 1 saturated carbocycles. The third-order valence-corrected chi connectivity index (χ3v) is 9.56. The zero-order valence-electron chi connectivity index (χ0n) is 21.3. The molecule has 4 aliphatic rings. The van der Waals surface area contributed by atoms with E-state index in [0.29, 0.717) is 19.5 Å². The third-order valence-electron chi connectivity index (χ3n) is 7.90. The molecule has 1 aliphatic carbocycles. The number of nitrogens with one attached hydrogen (secondary N) is 1. The van der Waals surface area contributed by atoms with Gasteiger partial charge in [-0.25, -0.2) is 14.6 Å². The van der Waals surface area contributed by atoms with E-state index in [1.165, 1.54) is 31.0 Å².